The lowest BCUT2D eigenvalue weighted by atomic mass is 9.93. The Bertz CT molecular complexity index is 1370. The number of anilines is 1. The fraction of sp³-hybridized carbons (Fsp3) is 0.423. The number of piperidine rings is 1. The summed E-state index contributed by atoms with van der Waals surface area (Å²) in [7, 11) is 3.83. The molecule has 0 aliphatic carbocycles. The second kappa shape index (κ2) is 9.34. The van der Waals surface area contributed by atoms with E-state index in [2.05, 4.69) is 32.4 Å². The maximum absolute atomic E-state index is 13.3. The van der Waals surface area contributed by atoms with Crippen LogP contribution in [0.15, 0.2) is 53.1 Å². The Kier molecular flexibility index (Phi) is 5.88. The Balaban J connectivity index is 1.09. The predicted molar refractivity (Wildman–Crippen MR) is 132 cm³/mol. The molecular weight excluding hydrogens is 458 g/mol. The summed E-state index contributed by atoms with van der Waals surface area (Å²) in [4.78, 5) is 21.9. The Hall–Kier alpha value is -3.79. The number of benzene rings is 2. The summed E-state index contributed by atoms with van der Waals surface area (Å²) in [5, 5.41) is 8.61. The van der Waals surface area contributed by atoms with Gasteiger partial charge in [0.25, 0.3) is 0 Å². The highest BCUT2D eigenvalue weighted by atomic mass is 16.5. The summed E-state index contributed by atoms with van der Waals surface area (Å²) in [6.07, 6.45) is 1.50. The number of aromatic nitrogens is 5. The van der Waals surface area contributed by atoms with Gasteiger partial charge in [-0.2, -0.15) is 4.98 Å². The number of aryl methyl sites for hydroxylation is 2. The Morgan fingerprint density at radius 2 is 1.92 bits per heavy atom. The van der Waals surface area contributed by atoms with E-state index < -0.39 is 0 Å². The van der Waals surface area contributed by atoms with Gasteiger partial charge in [0, 0.05) is 43.1 Å². The van der Waals surface area contributed by atoms with E-state index in [4.69, 9.17) is 9.26 Å². The highest BCUT2D eigenvalue weighted by Gasteiger charge is 2.33. The van der Waals surface area contributed by atoms with Crippen LogP contribution in [0.5, 0.6) is 0 Å². The van der Waals surface area contributed by atoms with Crippen LogP contribution in [0.2, 0.25) is 0 Å². The first kappa shape index (κ1) is 22.7. The van der Waals surface area contributed by atoms with Crippen molar-refractivity contribution in [2.24, 2.45) is 20.0 Å². The zero-order valence-corrected chi connectivity index (χ0v) is 20.6. The first-order valence-corrected chi connectivity index (χ1v) is 12.4. The van der Waals surface area contributed by atoms with Crippen molar-refractivity contribution in [3.05, 3.63) is 54.1 Å². The van der Waals surface area contributed by atoms with Gasteiger partial charge in [-0.3, -0.25) is 4.79 Å². The molecule has 2 saturated heterocycles. The van der Waals surface area contributed by atoms with Crippen molar-refractivity contribution in [2.45, 2.75) is 18.8 Å². The van der Waals surface area contributed by atoms with Gasteiger partial charge >= 0.3 is 6.01 Å². The Morgan fingerprint density at radius 3 is 2.72 bits per heavy atom. The van der Waals surface area contributed by atoms with Crippen molar-refractivity contribution in [3.63, 3.8) is 0 Å². The molecule has 2 fully saturated rings. The molecule has 0 bridgehead atoms. The molecule has 4 aromatic rings. The summed E-state index contributed by atoms with van der Waals surface area (Å²) in [6, 6.07) is 16.8. The fourth-order valence-corrected chi connectivity index (χ4v) is 5.29. The monoisotopic (exact) mass is 488 g/mol. The van der Waals surface area contributed by atoms with Gasteiger partial charge in [0.2, 0.25) is 11.7 Å². The van der Waals surface area contributed by atoms with E-state index in [1.165, 1.54) is 5.56 Å². The van der Waals surface area contributed by atoms with Crippen molar-refractivity contribution in [1.82, 2.24) is 24.9 Å². The van der Waals surface area contributed by atoms with Crippen LogP contribution in [-0.4, -0.2) is 63.8 Å². The molecule has 2 aliphatic rings. The second-order valence-corrected chi connectivity index (χ2v) is 9.67. The van der Waals surface area contributed by atoms with E-state index in [0.29, 0.717) is 44.8 Å². The number of rotatable bonds is 4. The number of hydrogen-bond acceptors (Lipinski definition) is 7. The third-order valence-corrected chi connectivity index (χ3v) is 7.32. The number of hydrogen-bond donors (Lipinski definition) is 0. The zero-order valence-electron chi connectivity index (χ0n) is 20.6. The third-order valence-electron chi connectivity index (χ3n) is 7.32. The number of ether oxygens (including phenoxy) is 1. The molecular formula is C26H30N7O3+. The second-order valence-electron chi connectivity index (χ2n) is 9.67. The molecule has 10 heteroatoms. The van der Waals surface area contributed by atoms with Gasteiger partial charge in [0.15, 0.2) is 11.0 Å². The number of fused-ring (bicyclic) bond motifs is 1. The van der Waals surface area contributed by atoms with Gasteiger partial charge in [-0.15, -0.1) is 9.36 Å². The highest BCUT2D eigenvalue weighted by Crippen LogP contribution is 2.28. The lowest BCUT2D eigenvalue weighted by molar-refractivity contribution is -0.708. The smallest absolute Gasteiger partial charge is 0.324 e. The molecule has 0 N–H and O–H groups in total. The van der Waals surface area contributed by atoms with Crippen LogP contribution in [0, 0.1) is 5.92 Å². The molecule has 10 nitrogen and oxygen atoms in total. The summed E-state index contributed by atoms with van der Waals surface area (Å²) in [5.74, 6) is 0.925. The van der Waals surface area contributed by atoms with Gasteiger partial charge in [-0.05, 0) is 30.5 Å². The van der Waals surface area contributed by atoms with Gasteiger partial charge < -0.3 is 19.1 Å². The van der Waals surface area contributed by atoms with Crippen molar-refractivity contribution < 1.29 is 18.7 Å². The molecule has 2 aromatic carbocycles. The minimum Gasteiger partial charge on any atom is -0.360 e. The first-order valence-electron chi connectivity index (χ1n) is 12.4. The number of carbonyl (C=O) groups is 1. The van der Waals surface area contributed by atoms with E-state index in [0.717, 1.165) is 29.4 Å². The topological polar surface area (TPSA) is 93.4 Å². The van der Waals surface area contributed by atoms with E-state index in [1.807, 2.05) is 64.8 Å². The minimum atomic E-state index is -0.0187. The van der Waals surface area contributed by atoms with Crippen molar-refractivity contribution in [3.8, 4) is 11.4 Å². The van der Waals surface area contributed by atoms with Crippen LogP contribution in [-0.2, 0) is 23.6 Å². The van der Waals surface area contributed by atoms with Gasteiger partial charge in [0.05, 0.1) is 11.8 Å². The van der Waals surface area contributed by atoms with E-state index in [9.17, 15) is 4.79 Å². The number of carbonyl (C=O) groups excluding carboxylic acids is 1. The van der Waals surface area contributed by atoms with Crippen LogP contribution < -0.4 is 9.58 Å². The average molecular weight is 489 g/mol. The predicted octanol–water partition coefficient (Wildman–Crippen LogP) is 2.26. The SMILES string of the molecule is Cn1n[n+](C)c2ccc(-c3noc(N4CCC(C(=O)N5COC[C@H](c6ccccc6)C5)CC4)n3)cc21. The summed E-state index contributed by atoms with van der Waals surface area (Å²) < 4.78 is 15.1. The summed E-state index contributed by atoms with van der Waals surface area (Å²) >= 11 is 0. The Morgan fingerprint density at radius 1 is 1.11 bits per heavy atom. The molecule has 0 unspecified atom stereocenters. The first-order chi connectivity index (χ1) is 17.6. The molecule has 1 atom stereocenters. The van der Waals surface area contributed by atoms with Crippen LogP contribution >= 0.6 is 0 Å². The van der Waals surface area contributed by atoms with Crippen molar-refractivity contribution in [2.75, 3.05) is 37.9 Å². The molecule has 186 valence electrons. The molecule has 0 saturated carbocycles. The molecule has 2 aromatic heterocycles. The molecule has 1 amide bonds. The van der Waals surface area contributed by atoms with Gasteiger partial charge in [0.1, 0.15) is 20.8 Å². The van der Waals surface area contributed by atoms with Gasteiger partial charge in [-0.1, -0.05) is 35.5 Å². The average Bonchev–Trinajstić information content (AvgIpc) is 3.53. The quantitative estimate of drug-likeness (QED) is 0.407. The van der Waals surface area contributed by atoms with Crippen LogP contribution in [0.4, 0.5) is 6.01 Å². The lowest BCUT2D eigenvalue weighted by Crippen LogP contribution is -2.47. The largest absolute Gasteiger partial charge is 0.360 e. The maximum atomic E-state index is 13.3. The zero-order chi connectivity index (χ0) is 24.6. The molecule has 2 aliphatic heterocycles. The van der Waals surface area contributed by atoms with Crippen molar-refractivity contribution in [1.29, 1.82) is 0 Å². The Labute approximate surface area is 209 Å². The standard InChI is InChI=1S/C26H30N7O3/c1-30-22-9-8-20(14-23(22)31(2)29-30)24-27-26(36-28-24)32-12-10-19(11-13-32)25(34)33-15-21(16-35-17-33)18-6-4-3-5-7-18/h3-9,14,19,21H,10-13,15-17H2,1-2H3/q+1/t21-/m1/s1. The van der Waals surface area contributed by atoms with Crippen LogP contribution in [0.3, 0.4) is 0 Å². The number of nitrogens with zero attached hydrogens (tertiary/aromatic N) is 7. The number of amides is 1. The third kappa shape index (κ3) is 4.21. The molecule has 36 heavy (non-hydrogen) atoms. The van der Waals surface area contributed by atoms with E-state index in [-0.39, 0.29) is 17.7 Å². The van der Waals surface area contributed by atoms with E-state index >= 15 is 0 Å². The van der Waals surface area contributed by atoms with Crippen molar-refractivity contribution >= 4 is 23.0 Å². The summed E-state index contributed by atoms with van der Waals surface area (Å²) in [6.45, 7) is 3.12. The van der Waals surface area contributed by atoms with Crippen LogP contribution in [0.25, 0.3) is 22.4 Å². The molecule has 4 heterocycles. The normalized spacial score (nSPS) is 19.2. The minimum absolute atomic E-state index is 0.0187. The lowest BCUT2D eigenvalue weighted by Gasteiger charge is -2.37. The van der Waals surface area contributed by atoms with Crippen LogP contribution in [0.1, 0.15) is 24.3 Å². The molecule has 0 spiro atoms. The highest BCUT2D eigenvalue weighted by molar-refractivity contribution is 5.79. The van der Waals surface area contributed by atoms with E-state index in [1.54, 1.807) is 0 Å². The molecule has 6 rings (SSSR count). The fourth-order valence-electron chi connectivity index (χ4n) is 5.29. The molecule has 0 radical (unpaired) electrons. The maximum Gasteiger partial charge on any atom is 0.324 e. The van der Waals surface area contributed by atoms with Gasteiger partial charge in [-0.25, -0.2) is 0 Å². The summed E-state index contributed by atoms with van der Waals surface area (Å²) in [5.41, 5.74) is 4.13.